The van der Waals surface area contributed by atoms with Crippen molar-refractivity contribution in [2.45, 2.75) is 6.54 Å². The highest BCUT2D eigenvalue weighted by atomic mass is 19.1. The summed E-state index contributed by atoms with van der Waals surface area (Å²) in [5, 5.41) is 13.0. The number of carbonyl (C=O) groups excluding carboxylic acids is 1. The lowest BCUT2D eigenvalue weighted by Crippen LogP contribution is -2.07. The van der Waals surface area contributed by atoms with Crippen molar-refractivity contribution >= 4 is 17.2 Å². The van der Waals surface area contributed by atoms with Crippen molar-refractivity contribution < 1.29 is 14.3 Å². The number of aliphatic hydroxyl groups excluding tert-OH is 1. The third-order valence-corrected chi connectivity index (χ3v) is 2.18. The van der Waals surface area contributed by atoms with Crippen molar-refractivity contribution in [2.75, 3.05) is 6.61 Å². The second-order valence-corrected chi connectivity index (χ2v) is 3.08. The summed E-state index contributed by atoms with van der Waals surface area (Å²) in [5.74, 6) is -0.473. The molecule has 0 radical (unpaired) electrons. The maximum atomic E-state index is 13.4. The van der Waals surface area contributed by atoms with Gasteiger partial charge in [-0.05, 0) is 12.1 Å². The number of fused-ring (bicyclic) bond motifs is 1. The summed E-state index contributed by atoms with van der Waals surface area (Å²) < 4.78 is 14.7. The van der Waals surface area contributed by atoms with Crippen molar-refractivity contribution in [3.05, 3.63) is 29.7 Å². The van der Waals surface area contributed by atoms with E-state index in [9.17, 15) is 9.18 Å². The predicted molar refractivity (Wildman–Crippen MR) is 52.2 cm³/mol. The van der Waals surface area contributed by atoms with Crippen LogP contribution in [-0.4, -0.2) is 27.8 Å². The molecule has 0 bridgehead atoms. The van der Waals surface area contributed by atoms with Crippen molar-refractivity contribution in [1.29, 1.82) is 0 Å². The Morgan fingerprint density at radius 1 is 1.53 bits per heavy atom. The van der Waals surface area contributed by atoms with Crippen LogP contribution >= 0.6 is 0 Å². The molecule has 4 nitrogen and oxygen atoms in total. The lowest BCUT2D eigenvalue weighted by Gasteiger charge is -1.98. The molecule has 0 saturated heterocycles. The first-order valence-corrected chi connectivity index (χ1v) is 4.49. The minimum Gasteiger partial charge on any atom is -0.394 e. The van der Waals surface area contributed by atoms with E-state index in [1.807, 2.05) is 0 Å². The van der Waals surface area contributed by atoms with Gasteiger partial charge >= 0.3 is 0 Å². The van der Waals surface area contributed by atoms with Crippen molar-refractivity contribution in [3.8, 4) is 0 Å². The molecule has 0 spiro atoms. The monoisotopic (exact) mass is 208 g/mol. The van der Waals surface area contributed by atoms with Crippen LogP contribution in [-0.2, 0) is 6.54 Å². The molecule has 0 atom stereocenters. The topological polar surface area (TPSA) is 55.1 Å². The number of aldehydes is 1. The molecule has 78 valence electrons. The average molecular weight is 208 g/mol. The Hall–Kier alpha value is -1.75. The Morgan fingerprint density at radius 2 is 2.33 bits per heavy atom. The van der Waals surface area contributed by atoms with E-state index in [0.717, 1.165) is 0 Å². The van der Waals surface area contributed by atoms with E-state index in [1.165, 1.54) is 16.8 Å². The Labute approximate surface area is 84.9 Å². The van der Waals surface area contributed by atoms with Gasteiger partial charge in [0.15, 0.2) is 6.29 Å². The number of aliphatic hydroxyl groups is 1. The molecule has 0 amide bonds. The van der Waals surface area contributed by atoms with Crippen LogP contribution in [0.2, 0.25) is 0 Å². The average Bonchev–Trinajstić information content (AvgIpc) is 2.57. The summed E-state index contributed by atoms with van der Waals surface area (Å²) >= 11 is 0. The first-order chi connectivity index (χ1) is 7.27. The number of rotatable bonds is 3. The molecular formula is C10H9FN2O2. The zero-order valence-electron chi connectivity index (χ0n) is 7.85. The number of carbonyl (C=O) groups is 1. The van der Waals surface area contributed by atoms with Crippen molar-refractivity contribution in [1.82, 2.24) is 9.78 Å². The molecule has 1 N–H and O–H groups in total. The lowest BCUT2D eigenvalue weighted by atomic mass is 10.2. The minimum atomic E-state index is -0.473. The third-order valence-electron chi connectivity index (χ3n) is 2.18. The summed E-state index contributed by atoms with van der Waals surface area (Å²) in [6.07, 6.45) is 0.550. The van der Waals surface area contributed by atoms with Gasteiger partial charge in [-0.1, -0.05) is 6.07 Å². The number of hydrogen-bond acceptors (Lipinski definition) is 3. The van der Waals surface area contributed by atoms with Crippen LogP contribution in [0.15, 0.2) is 18.2 Å². The van der Waals surface area contributed by atoms with Crippen LogP contribution in [0.5, 0.6) is 0 Å². The molecule has 0 aliphatic rings. The van der Waals surface area contributed by atoms with Crippen LogP contribution in [0, 0.1) is 5.82 Å². The molecule has 2 aromatic rings. The summed E-state index contributed by atoms with van der Waals surface area (Å²) in [6.45, 7) is 0.0403. The van der Waals surface area contributed by atoms with E-state index in [-0.39, 0.29) is 24.2 Å². The largest absolute Gasteiger partial charge is 0.394 e. The van der Waals surface area contributed by atoms with Gasteiger partial charge < -0.3 is 5.11 Å². The molecule has 1 aromatic carbocycles. The first kappa shape index (κ1) is 9.79. The summed E-state index contributed by atoms with van der Waals surface area (Å²) in [7, 11) is 0. The molecule has 5 heteroatoms. The van der Waals surface area contributed by atoms with Gasteiger partial charge in [0.2, 0.25) is 0 Å². The number of nitrogens with zero attached hydrogens (tertiary/aromatic N) is 2. The predicted octanol–water partition coefficient (Wildman–Crippen LogP) is 0.980. The van der Waals surface area contributed by atoms with E-state index >= 15 is 0 Å². The fraction of sp³-hybridized carbons (Fsp3) is 0.200. The SMILES string of the molecule is O=Cc1c2c(F)cccc2nn1CCO. The quantitative estimate of drug-likeness (QED) is 0.765. The van der Waals surface area contributed by atoms with E-state index in [1.54, 1.807) is 6.07 Å². The standard InChI is InChI=1S/C10H9FN2O2/c11-7-2-1-3-8-10(7)9(6-15)13(12-8)4-5-14/h1-3,6,14H,4-5H2. The van der Waals surface area contributed by atoms with Gasteiger partial charge in [-0.15, -0.1) is 0 Å². The second-order valence-electron chi connectivity index (χ2n) is 3.08. The maximum Gasteiger partial charge on any atom is 0.168 e. The number of hydrogen-bond donors (Lipinski definition) is 1. The molecule has 1 heterocycles. The second kappa shape index (κ2) is 3.78. The van der Waals surface area contributed by atoms with Gasteiger partial charge in [0.1, 0.15) is 11.5 Å². The number of aromatic nitrogens is 2. The summed E-state index contributed by atoms with van der Waals surface area (Å²) in [4.78, 5) is 10.8. The van der Waals surface area contributed by atoms with Crippen LogP contribution in [0.3, 0.4) is 0 Å². The molecule has 0 fully saturated rings. The molecule has 0 saturated carbocycles. The zero-order chi connectivity index (χ0) is 10.8. The Morgan fingerprint density at radius 3 is 3.00 bits per heavy atom. The highest BCUT2D eigenvalue weighted by Gasteiger charge is 2.13. The van der Waals surface area contributed by atoms with Crippen LogP contribution in [0.4, 0.5) is 4.39 Å². The third kappa shape index (κ3) is 1.50. The molecule has 0 unspecified atom stereocenters. The molecule has 0 aliphatic heterocycles. The van der Waals surface area contributed by atoms with Crippen LogP contribution in [0.25, 0.3) is 10.9 Å². The van der Waals surface area contributed by atoms with E-state index in [2.05, 4.69) is 5.10 Å². The Kier molecular flexibility index (Phi) is 2.47. The maximum absolute atomic E-state index is 13.4. The van der Waals surface area contributed by atoms with E-state index in [0.29, 0.717) is 11.8 Å². The van der Waals surface area contributed by atoms with E-state index < -0.39 is 5.82 Å². The van der Waals surface area contributed by atoms with Crippen molar-refractivity contribution in [3.63, 3.8) is 0 Å². The fourth-order valence-corrected chi connectivity index (χ4v) is 1.55. The molecule has 0 aliphatic carbocycles. The Balaban J connectivity index is 2.74. The van der Waals surface area contributed by atoms with Crippen molar-refractivity contribution in [2.24, 2.45) is 0 Å². The summed E-state index contributed by atoms with van der Waals surface area (Å²) in [6, 6.07) is 4.43. The van der Waals surface area contributed by atoms with E-state index in [4.69, 9.17) is 5.11 Å². The summed E-state index contributed by atoms with van der Waals surface area (Å²) in [5.41, 5.74) is 0.586. The highest BCUT2D eigenvalue weighted by Crippen LogP contribution is 2.20. The highest BCUT2D eigenvalue weighted by molar-refractivity contribution is 5.95. The lowest BCUT2D eigenvalue weighted by molar-refractivity contribution is 0.111. The van der Waals surface area contributed by atoms with Gasteiger partial charge in [-0.3, -0.25) is 9.48 Å². The van der Waals surface area contributed by atoms with Gasteiger partial charge in [0.05, 0.1) is 24.1 Å². The van der Waals surface area contributed by atoms with Crippen LogP contribution < -0.4 is 0 Å². The molecule has 2 rings (SSSR count). The van der Waals surface area contributed by atoms with Crippen LogP contribution in [0.1, 0.15) is 10.5 Å². The smallest absolute Gasteiger partial charge is 0.168 e. The fourth-order valence-electron chi connectivity index (χ4n) is 1.55. The molecule has 15 heavy (non-hydrogen) atoms. The van der Waals surface area contributed by atoms with Gasteiger partial charge in [0.25, 0.3) is 0 Å². The van der Waals surface area contributed by atoms with Gasteiger partial charge in [0, 0.05) is 0 Å². The minimum absolute atomic E-state index is 0.142. The normalized spacial score (nSPS) is 10.8. The number of halogens is 1. The zero-order valence-corrected chi connectivity index (χ0v) is 7.85. The Bertz CT molecular complexity index is 507. The molecule has 1 aromatic heterocycles. The van der Waals surface area contributed by atoms with Gasteiger partial charge in [-0.2, -0.15) is 5.10 Å². The first-order valence-electron chi connectivity index (χ1n) is 4.49. The number of benzene rings is 1. The van der Waals surface area contributed by atoms with Gasteiger partial charge in [-0.25, -0.2) is 4.39 Å². The molecular weight excluding hydrogens is 199 g/mol.